The summed E-state index contributed by atoms with van der Waals surface area (Å²) in [7, 11) is 0. The summed E-state index contributed by atoms with van der Waals surface area (Å²) < 4.78 is 5.96. The fraction of sp³-hybridized carbons (Fsp3) is 0.385. The molecular weight excluding hydrogens is 390 g/mol. The summed E-state index contributed by atoms with van der Waals surface area (Å²) in [6.45, 7) is 6.13. The van der Waals surface area contributed by atoms with Crippen LogP contribution in [0.3, 0.4) is 0 Å². The van der Waals surface area contributed by atoms with Gasteiger partial charge in [-0.15, -0.1) is 0 Å². The molecule has 2 aromatic carbocycles. The normalized spacial score (nSPS) is 20.5. The number of hydrogen-bond acceptors (Lipinski definition) is 4. The molecule has 0 spiro atoms. The molecule has 0 saturated heterocycles. The van der Waals surface area contributed by atoms with Crippen molar-refractivity contribution < 1.29 is 19.4 Å². The van der Waals surface area contributed by atoms with Gasteiger partial charge in [-0.3, -0.25) is 4.79 Å². The standard InChI is InChI=1S/C26H31NO4/c1-18(2)26(16-14-19(3)15-17-26)31-25(30)23(28)22(20-10-6-4-7-11-20)27-24(29)21-12-8-5-9-13-21/h4-14,18,22-23,28H,15-17H2,1-3H3,(H,27,29)/t22-,23+,26+/m0/s1. The number of aliphatic hydroxyl groups excluding tert-OH is 1. The number of amides is 1. The van der Waals surface area contributed by atoms with Crippen molar-refractivity contribution in [1.82, 2.24) is 5.32 Å². The molecule has 0 radical (unpaired) electrons. The number of rotatable bonds is 7. The van der Waals surface area contributed by atoms with E-state index >= 15 is 0 Å². The first-order chi connectivity index (χ1) is 14.8. The molecule has 0 aromatic heterocycles. The van der Waals surface area contributed by atoms with Crippen molar-refractivity contribution in [2.24, 2.45) is 5.92 Å². The van der Waals surface area contributed by atoms with Gasteiger partial charge in [0, 0.05) is 12.0 Å². The highest BCUT2D eigenvalue weighted by molar-refractivity contribution is 5.94. The highest BCUT2D eigenvalue weighted by atomic mass is 16.6. The Morgan fingerprint density at radius 2 is 1.65 bits per heavy atom. The SMILES string of the molecule is CC1=CC[C@](OC(=O)[C@H](O)[C@@H](NC(=O)c2ccccc2)c2ccccc2)(C(C)C)CC1. The summed E-state index contributed by atoms with van der Waals surface area (Å²) in [6, 6.07) is 16.8. The zero-order valence-electron chi connectivity index (χ0n) is 18.4. The summed E-state index contributed by atoms with van der Waals surface area (Å²) >= 11 is 0. The minimum absolute atomic E-state index is 0.0992. The van der Waals surface area contributed by atoms with Crippen LogP contribution in [-0.4, -0.2) is 28.7 Å². The molecule has 3 rings (SSSR count). The molecule has 0 bridgehead atoms. The van der Waals surface area contributed by atoms with Crippen LogP contribution in [0.5, 0.6) is 0 Å². The average molecular weight is 422 g/mol. The Morgan fingerprint density at radius 1 is 1.03 bits per heavy atom. The van der Waals surface area contributed by atoms with Crippen LogP contribution >= 0.6 is 0 Å². The van der Waals surface area contributed by atoms with Crippen molar-refractivity contribution in [3.05, 3.63) is 83.4 Å². The zero-order chi connectivity index (χ0) is 22.4. The molecule has 0 saturated carbocycles. The molecule has 2 aromatic rings. The minimum atomic E-state index is -1.53. The van der Waals surface area contributed by atoms with E-state index in [0.29, 0.717) is 17.5 Å². The number of allylic oxidation sites excluding steroid dienone is 1. The van der Waals surface area contributed by atoms with Crippen LogP contribution in [-0.2, 0) is 9.53 Å². The smallest absolute Gasteiger partial charge is 0.338 e. The molecule has 5 nitrogen and oxygen atoms in total. The molecular formula is C26H31NO4. The molecule has 0 fully saturated rings. The van der Waals surface area contributed by atoms with Gasteiger partial charge in [0.1, 0.15) is 5.60 Å². The summed E-state index contributed by atoms with van der Waals surface area (Å²) in [6.07, 6.45) is 2.78. The van der Waals surface area contributed by atoms with E-state index in [1.807, 2.05) is 26.0 Å². The largest absolute Gasteiger partial charge is 0.456 e. The van der Waals surface area contributed by atoms with Crippen LogP contribution in [0.4, 0.5) is 0 Å². The molecule has 164 valence electrons. The molecule has 0 unspecified atom stereocenters. The molecule has 1 amide bonds. The second-order valence-electron chi connectivity index (χ2n) is 8.57. The van der Waals surface area contributed by atoms with Gasteiger partial charge in [0.25, 0.3) is 5.91 Å². The lowest BCUT2D eigenvalue weighted by Gasteiger charge is -2.40. The molecule has 0 aliphatic heterocycles. The number of carbonyl (C=O) groups is 2. The summed E-state index contributed by atoms with van der Waals surface area (Å²) in [5.74, 6) is -0.984. The Hall–Kier alpha value is -2.92. The third-order valence-corrected chi connectivity index (χ3v) is 6.13. The van der Waals surface area contributed by atoms with E-state index in [0.717, 1.165) is 12.8 Å². The van der Waals surface area contributed by atoms with Gasteiger partial charge in [-0.25, -0.2) is 4.79 Å². The van der Waals surface area contributed by atoms with Crippen LogP contribution in [0, 0.1) is 5.92 Å². The number of carbonyl (C=O) groups excluding carboxylic acids is 2. The topological polar surface area (TPSA) is 75.6 Å². The first-order valence-electron chi connectivity index (χ1n) is 10.8. The van der Waals surface area contributed by atoms with Crippen LogP contribution < -0.4 is 5.32 Å². The lowest BCUT2D eigenvalue weighted by atomic mass is 9.78. The van der Waals surface area contributed by atoms with Crippen LogP contribution in [0.15, 0.2) is 72.3 Å². The van der Waals surface area contributed by atoms with E-state index < -0.39 is 23.7 Å². The molecule has 3 atom stereocenters. The number of hydrogen-bond donors (Lipinski definition) is 2. The van der Waals surface area contributed by atoms with E-state index in [1.54, 1.807) is 48.5 Å². The van der Waals surface area contributed by atoms with Crippen LogP contribution in [0.1, 0.15) is 62.0 Å². The van der Waals surface area contributed by atoms with Gasteiger partial charge in [0.05, 0.1) is 6.04 Å². The highest BCUT2D eigenvalue weighted by Gasteiger charge is 2.41. The Balaban J connectivity index is 1.83. The summed E-state index contributed by atoms with van der Waals surface area (Å²) in [5, 5.41) is 13.8. The van der Waals surface area contributed by atoms with Crippen molar-refractivity contribution >= 4 is 11.9 Å². The molecule has 0 heterocycles. The number of ether oxygens (including phenoxy) is 1. The fourth-order valence-corrected chi connectivity index (χ4v) is 3.91. The van der Waals surface area contributed by atoms with E-state index in [1.165, 1.54) is 5.57 Å². The number of benzene rings is 2. The Kier molecular flexibility index (Phi) is 7.29. The van der Waals surface area contributed by atoms with Gasteiger partial charge in [-0.2, -0.15) is 0 Å². The van der Waals surface area contributed by atoms with Gasteiger partial charge >= 0.3 is 5.97 Å². The quantitative estimate of drug-likeness (QED) is 0.507. The van der Waals surface area contributed by atoms with Gasteiger partial charge < -0.3 is 15.2 Å². The average Bonchev–Trinajstić information content (AvgIpc) is 2.79. The van der Waals surface area contributed by atoms with Crippen molar-refractivity contribution in [2.45, 2.75) is 57.8 Å². The first-order valence-corrected chi connectivity index (χ1v) is 10.8. The second-order valence-corrected chi connectivity index (χ2v) is 8.57. The van der Waals surface area contributed by atoms with Crippen molar-refractivity contribution in [2.75, 3.05) is 0 Å². The highest BCUT2D eigenvalue weighted by Crippen LogP contribution is 2.37. The van der Waals surface area contributed by atoms with Gasteiger partial charge in [-0.1, -0.05) is 74.0 Å². The Labute approximate surface area is 184 Å². The van der Waals surface area contributed by atoms with E-state index in [4.69, 9.17) is 4.74 Å². The monoisotopic (exact) mass is 421 g/mol. The minimum Gasteiger partial charge on any atom is -0.456 e. The predicted octanol–water partition coefficient (Wildman–Crippen LogP) is 4.59. The van der Waals surface area contributed by atoms with E-state index in [2.05, 4.69) is 18.3 Å². The van der Waals surface area contributed by atoms with Gasteiger partial charge in [0.2, 0.25) is 0 Å². The Morgan fingerprint density at radius 3 is 2.19 bits per heavy atom. The lowest BCUT2D eigenvalue weighted by Crippen LogP contribution is -2.47. The summed E-state index contributed by atoms with van der Waals surface area (Å²) in [4.78, 5) is 25.9. The third-order valence-electron chi connectivity index (χ3n) is 6.13. The maximum absolute atomic E-state index is 13.1. The predicted molar refractivity (Wildman–Crippen MR) is 120 cm³/mol. The van der Waals surface area contributed by atoms with Crippen molar-refractivity contribution in [3.63, 3.8) is 0 Å². The molecule has 1 aliphatic carbocycles. The van der Waals surface area contributed by atoms with E-state index in [-0.39, 0.29) is 11.8 Å². The maximum atomic E-state index is 13.1. The number of esters is 1. The fourth-order valence-electron chi connectivity index (χ4n) is 3.91. The number of aliphatic hydroxyl groups is 1. The lowest BCUT2D eigenvalue weighted by molar-refractivity contribution is -0.178. The molecule has 1 aliphatic rings. The molecule has 2 N–H and O–H groups in total. The van der Waals surface area contributed by atoms with Crippen LogP contribution in [0.25, 0.3) is 0 Å². The number of nitrogens with one attached hydrogen (secondary N) is 1. The van der Waals surface area contributed by atoms with E-state index in [9.17, 15) is 14.7 Å². The molecule has 31 heavy (non-hydrogen) atoms. The zero-order valence-corrected chi connectivity index (χ0v) is 18.4. The summed E-state index contributed by atoms with van der Waals surface area (Å²) in [5.41, 5.74) is 1.72. The third kappa shape index (κ3) is 5.42. The first kappa shape index (κ1) is 22.8. The Bertz CT molecular complexity index is 923. The van der Waals surface area contributed by atoms with Crippen LogP contribution in [0.2, 0.25) is 0 Å². The molecule has 5 heteroatoms. The van der Waals surface area contributed by atoms with Gasteiger partial charge in [-0.05, 0) is 43.4 Å². The maximum Gasteiger partial charge on any atom is 0.338 e. The van der Waals surface area contributed by atoms with Crippen molar-refractivity contribution in [3.8, 4) is 0 Å². The van der Waals surface area contributed by atoms with Crippen molar-refractivity contribution in [1.29, 1.82) is 0 Å². The van der Waals surface area contributed by atoms with Gasteiger partial charge in [0.15, 0.2) is 6.10 Å². The second kappa shape index (κ2) is 9.92.